The van der Waals surface area contributed by atoms with Gasteiger partial charge in [0.1, 0.15) is 5.76 Å². The van der Waals surface area contributed by atoms with E-state index in [1.165, 1.54) is 17.3 Å². The Bertz CT molecular complexity index is 673. The van der Waals surface area contributed by atoms with Gasteiger partial charge in [-0.15, -0.1) is 11.8 Å². The first-order valence-electron chi connectivity index (χ1n) is 7.67. The van der Waals surface area contributed by atoms with Crippen molar-refractivity contribution in [3.05, 3.63) is 47.7 Å². The molecule has 2 amide bonds. The molecule has 128 valence electrons. The largest absolute Gasteiger partial charge is 0.360 e. The second-order valence-electron chi connectivity index (χ2n) is 5.48. The van der Waals surface area contributed by atoms with Crippen LogP contribution >= 0.6 is 11.8 Å². The summed E-state index contributed by atoms with van der Waals surface area (Å²) < 4.78 is 4.86. The highest BCUT2D eigenvalue weighted by Crippen LogP contribution is 2.13. The van der Waals surface area contributed by atoms with E-state index in [1.807, 2.05) is 30.3 Å². The molecule has 24 heavy (non-hydrogen) atoms. The summed E-state index contributed by atoms with van der Waals surface area (Å²) in [7, 11) is 0. The standard InChI is InChI=1S/C17H21N3O3S/c1-12(14-6-4-3-5-7-14)9-18-16(21)10-24-11-17(22)19-15-8-13(2)23-20-15/h3-8,12H,9-11H2,1-2H3,(H,18,21)(H,19,20,22). The quantitative estimate of drug-likeness (QED) is 0.767. The molecule has 0 aliphatic rings. The van der Waals surface area contributed by atoms with Crippen LogP contribution in [0, 0.1) is 6.92 Å². The lowest BCUT2D eigenvalue weighted by atomic mass is 10.0. The Kier molecular flexibility index (Phi) is 6.87. The summed E-state index contributed by atoms with van der Waals surface area (Å²) in [5.74, 6) is 1.41. The van der Waals surface area contributed by atoms with E-state index in [-0.39, 0.29) is 29.2 Å². The first-order chi connectivity index (χ1) is 11.5. The highest BCUT2D eigenvalue weighted by molar-refractivity contribution is 8.00. The Hall–Kier alpha value is -2.28. The van der Waals surface area contributed by atoms with Crippen molar-refractivity contribution >= 4 is 29.4 Å². The number of carbonyl (C=O) groups excluding carboxylic acids is 2. The summed E-state index contributed by atoms with van der Waals surface area (Å²) in [6.45, 7) is 4.39. The molecule has 0 saturated carbocycles. The first kappa shape index (κ1) is 18.1. The van der Waals surface area contributed by atoms with Crippen molar-refractivity contribution in [3.8, 4) is 0 Å². The third kappa shape index (κ3) is 6.08. The maximum Gasteiger partial charge on any atom is 0.235 e. The average molecular weight is 347 g/mol. The van der Waals surface area contributed by atoms with Crippen LogP contribution in [0.2, 0.25) is 0 Å². The molecule has 1 atom stereocenters. The van der Waals surface area contributed by atoms with E-state index in [4.69, 9.17) is 4.52 Å². The summed E-state index contributed by atoms with van der Waals surface area (Å²) in [5, 5.41) is 9.18. The van der Waals surface area contributed by atoms with Crippen molar-refractivity contribution in [2.45, 2.75) is 19.8 Å². The third-order valence-corrected chi connectivity index (χ3v) is 4.27. The van der Waals surface area contributed by atoms with Gasteiger partial charge in [0.2, 0.25) is 11.8 Å². The molecule has 0 radical (unpaired) electrons. The van der Waals surface area contributed by atoms with E-state index >= 15 is 0 Å². The van der Waals surface area contributed by atoms with Crippen LogP contribution in [-0.4, -0.2) is 35.0 Å². The van der Waals surface area contributed by atoms with Crippen molar-refractivity contribution in [2.75, 3.05) is 23.4 Å². The summed E-state index contributed by atoms with van der Waals surface area (Å²) in [6, 6.07) is 11.7. The number of benzene rings is 1. The Morgan fingerprint density at radius 3 is 2.58 bits per heavy atom. The van der Waals surface area contributed by atoms with E-state index < -0.39 is 0 Å². The molecule has 7 heteroatoms. The van der Waals surface area contributed by atoms with E-state index in [2.05, 4.69) is 22.7 Å². The van der Waals surface area contributed by atoms with Gasteiger partial charge in [0.25, 0.3) is 0 Å². The van der Waals surface area contributed by atoms with Gasteiger partial charge in [-0.25, -0.2) is 0 Å². The minimum absolute atomic E-state index is 0.0761. The molecular formula is C17H21N3O3S. The molecule has 0 aliphatic carbocycles. The second-order valence-corrected chi connectivity index (χ2v) is 6.47. The number of carbonyl (C=O) groups is 2. The van der Waals surface area contributed by atoms with Crippen LogP contribution in [0.15, 0.2) is 40.9 Å². The van der Waals surface area contributed by atoms with E-state index in [9.17, 15) is 9.59 Å². The predicted molar refractivity (Wildman–Crippen MR) is 95.1 cm³/mol. The Labute approximate surface area is 145 Å². The zero-order valence-electron chi connectivity index (χ0n) is 13.7. The smallest absolute Gasteiger partial charge is 0.235 e. The van der Waals surface area contributed by atoms with Gasteiger partial charge in [-0.05, 0) is 18.4 Å². The number of hydrogen-bond acceptors (Lipinski definition) is 5. The van der Waals surface area contributed by atoms with Crippen LogP contribution in [-0.2, 0) is 9.59 Å². The molecule has 0 fully saturated rings. The molecule has 0 aliphatic heterocycles. The molecule has 0 spiro atoms. The van der Waals surface area contributed by atoms with Crippen molar-refractivity contribution < 1.29 is 14.1 Å². The monoisotopic (exact) mass is 347 g/mol. The molecule has 0 saturated heterocycles. The molecule has 1 heterocycles. The Morgan fingerprint density at radius 2 is 1.92 bits per heavy atom. The lowest BCUT2D eigenvalue weighted by molar-refractivity contribution is -0.118. The molecule has 1 aromatic carbocycles. The predicted octanol–water partition coefficient (Wildman–Crippen LogP) is 2.57. The first-order valence-corrected chi connectivity index (χ1v) is 8.82. The summed E-state index contributed by atoms with van der Waals surface area (Å²) in [6.07, 6.45) is 0. The zero-order chi connectivity index (χ0) is 17.4. The molecule has 0 bridgehead atoms. The summed E-state index contributed by atoms with van der Waals surface area (Å²) >= 11 is 1.26. The fourth-order valence-electron chi connectivity index (χ4n) is 2.06. The average Bonchev–Trinajstić information content (AvgIpc) is 2.98. The molecule has 1 unspecified atom stereocenters. The van der Waals surface area contributed by atoms with Crippen molar-refractivity contribution in [1.82, 2.24) is 10.5 Å². The number of nitrogens with one attached hydrogen (secondary N) is 2. The number of nitrogens with zero attached hydrogens (tertiary/aromatic N) is 1. The minimum Gasteiger partial charge on any atom is -0.360 e. The number of thioether (sulfide) groups is 1. The summed E-state index contributed by atoms with van der Waals surface area (Å²) in [4.78, 5) is 23.5. The van der Waals surface area contributed by atoms with Gasteiger partial charge in [0, 0.05) is 12.6 Å². The summed E-state index contributed by atoms with van der Waals surface area (Å²) in [5.41, 5.74) is 1.19. The number of amides is 2. The highest BCUT2D eigenvalue weighted by Gasteiger charge is 2.10. The van der Waals surface area contributed by atoms with Crippen LogP contribution in [0.25, 0.3) is 0 Å². The van der Waals surface area contributed by atoms with Gasteiger partial charge in [0.05, 0.1) is 11.5 Å². The van der Waals surface area contributed by atoms with Gasteiger partial charge < -0.3 is 15.2 Å². The van der Waals surface area contributed by atoms with Crippen LogP contribution in [0.1, 0.15) is 24.2 Å². The van der Waals surface area contributed by atoms with Crippen LogP contribution in [0.5, 0.6) is 0 Å². The number of anilines is 1. The van der Waals surface area contributed by atoms with E-state index in [1.54, 1.807) is 13.0 Å². The molecule has 1 aromatic heterocycles. The van der Waals surface area contributed by atoms with Gasteiger partial charge in [-0.3, -0.25) is 9.59 Å². The van der Waals surface area contributed by atoms with E-state index in [0.717, 1.165) is 0 Å². The van der Waals surface area contributed by atoms with Gasteiger partial charge in [-0.1, -0.05) is 42.4 Å². The van der Waals surface area contributed by atoms with Crippen molar-refractivity contribution in [3.63, 3.8) is 0 Å². The molecule has 6 nitrogen and oxygen atoms in total. The molecule has 2 aromatic rings. The molecule has 2 rings (SSSR count). The lowest BCUT2D eigenvalue weighted by Crippen LogP contribution is -2.29. The van der Waals surface area contributed by atoms with Crippen LogP contribution in [0.3, 0.4) is 0 Å². The molecular weight excluding hydrogens is 326 g/mol. The third-order valence-electron chi connectivity index (χ3n) is 3.34. The van der Waals surface area contributed by atoms with Crippen LogP contribution in [0.4, 0.5) is 5.82 Å². The van der Waals surface area contributed by atoms with Crippen molar-refractivity contribution in [2.24, 2.45) is 0 Å². The SMILES string of the molecule is Cc1cc(NC(=O)CSCC(=O)NCC(C)c2ccccc2)no1. The molecule has 2 N–H and O–H groups in total. The van der Waals surface area contributed by atoms with Gasteiger partial charge in [-0.2, -0.15) is 0 Å². The highest BCUT2D eigenvalue weighted by atomic mass is 32.2. The fourth-order valence-corrected chi connectivity index (χ4v) is 2.71. The van der Waals surface area contributed by atoms with Crippen molar-refractivity contribution in [1.29, 1.82) is 0 Å². The Balaban J connectivity index is 1.62. The van der Waals surface area contributed by atoms with Gasteiger partial charge in [0.15, 0.2) is 5.82 Å². The lowest BCUT2D eigenvalue weighted by Gasteiger charge is -2.12. The maximum absolute atomic E-state index is 11.8. The van der Waals surface area contributed by atoms with Gasteiger partial charge >= 0.3 is 0 Å². The fraction of sp³-hybridized carbons (Fsp3) is 0.353. The topological polar surface area (TPSA) is 84.2 Å². The Morgan fingerprint density at radius 1 is 1.21 bits per heavy atom. The van der Waals surface area contributed by atoms with E-state index in [0.29, 0.717) is 18.1 Å². The second kappa shape index (κ2) is 9.12. The normalized spacial score (nSPS) is 11.8. The minimum atomic E-state index is -0.209. The van der Waals surface area contributed by atoms with Crippen LogP contribution < -0.4 is 10.6 Å². The number of rotatable bonds is 8. The number of hydrogen-bond donors (Lipinski definition) is 2. The number of aromatic nitrogens is 1. The number of aryl methyl sites for hydroxylation is 1. The maximum atomic E-state index is 11.8. The zero-order valence-corrected chi connectivity index (χ0v) is 14.6.